The molecule has 1 aromatic carbocycles. The van der Waals surface area contributed by atoms with Gasteiger partial charge in [-0.3, -0.25) is 4.79 Å². The normalized spacial score (nSPS) is 14.1. The topological polar surface area (TPSA) is 32.3 Å². The Balaban J connectivity index is 2.01. The second-order valence-electron chi connectivity index (χ2n) is 4.48. The smallest absolute Gasteiger partial charge is 0.249 e. The fourth-order valence-electron chi connectivity index (χ4n) is 1.88. The zero-order valence-corrected chi connectivity index (χ0v) is 10.4. The second-order valence-corrected chi connectivity index (χ2v) is 4.48. The van der Waals surface area contributed by atoms with E-state index < -0.39 is 0 Å². The minimum absolute atomic E-state index is 0.130. The fourth-order valence-corrected chi connectivity index (χ4v) is 1.88. The van der Waals surface area contributed by atoms with E-state index >= 15 is 0 Å². The number of nitrogens with zero attached hydrogens (tertiary/aromatic N) is 1. The molecule has 17 heavy (non-hydrogen) atoms. The van der Waals surface area contributed by atoms with Crippen LogP contribution in [0.15, 0.2) is 41.5 Å². The third-order valence-corrected chi connectivity index (χ3v) is 3.14. The summed E-state index contributed by atoms with van der Waals surface area (Å²) in [4.78, 5) is 13.9. The maximum absolute atomic E-state index is 12.1. The van der Waals surface area contributed by atoms with Gasteiger partial charge in [-0.2, -0.15) is 0 Å². The van der Waals surface area contributed by atoms with Crippen LogP contribution in [0.2, 0.25) is 0 Å². The zero-order valence-electron chi connectivity index (χ0n) is 10.4. The van der Waals surface area contributed by atoms with Gasteiger partial charge in [0, 0.05) is 32.3 Å². The molecular formula is C14H18N2O. The van der Waals surface area contributed by atoms with Gasteiger partial charge >= 0.3 is 0 Å². The summed E-state index contributed by atoms with van der Waals surface area (Å²) in [6, 6.07) is 10.1. The molecule has 1 N–H and O–H groups in total. The van der Waals surface area contributed by atoms with Gasteiger partial charge in [0.15, 0.2) is 0 Å². The van der Waals surface area contributed by atoms with Gasteiger partial charge in [-0.15, -0.1) is 0 Å². The van der Waals surface area contributed by atoms with E-state index in [2.05, 4.69) is 5.32 Å². The van der Waals surface area contributed by atoms with E-state index in [4.69, 9.17) is 0 Å². The summed E-state index contributed by atoms with van der Waals surface area (Å²) < 4.78 is 0. The van der Waals surface area contributed by atoms with E-state index in [1.54, 1.807) is 4.90 Å². The molecule has 1 amide bonds. The van der Waals surface area contributed by atoms with Crippen molar-refractivity contribution in [3.8, 4) is 0 Å². The van der Waals surface area contributed by atoms with E-state index in [0.717, 1.165) is 24.2 Å². The average molecular weight is 230 g/mol. The average Bonchev–Trinajstić information content (AvgIpc) is 2.27. The number of rotatable bonds is 3. The van der Waals surface area contributed by atoms with E-state index in [-0.39, 0.29) is 5.91 Å². The molecular weight excluding hydrogens is 212 g/mol. The van der Waals surface area contributed by atoms with Crippen LogP contribution < -0.4 is 5.32 Å². The molecule has 0 aliphatic carbocycles. The number of nitrogens with one attached hydrogen (secondary N) is 1. The summed E-state index contributed by atoms with van der Waals surface area (Å²) in [6.45, 7) is 4.30. The van der Waals surface area contributed by atoms with Crippen molar-refractivity contribution in [2.75, 3.05) is 20.1 Å². The van der Waals surface area contributed by atoms with Crippen molar-refractivity contribution in [2.24, 2.45) is 0 Å². The molecule has 90 valence electrons. The summed E-state index contributed by atoms with van der Waals surface area (Å²) in [5.74, 6) is 0.130. The van der Waals surface area contributed by atoms with Crippen LogP contribution in [-0.2, 0) is 11.3 Å². The maximum Gasteiger partial charge on any atom is 0.249 e. The highest BCUT2D eigenvalue weighted by molar-refractivity contribution is 5.93. The first-order chi connectivity index (χ1) is 8.18. The van der Waals surface area contributed by atoms with Gasteiger partial charge in [0.1, 0.15) is 0 Å². The Hall–Kier alpha value is -1.61. The number of carbonyl (C=O) groups is 1. The number of hydrogen-bond donors (Lipinski definition) is 1. The summed E-state index contributed by atoms with van der Waals surface area (Å²) >= 11 is 0. The van der Waals surface area contributed by atoms with Crippen LogP contribution in [-0.4, -0.2) is 30.9 Å². The van der Waals surface area contributed by atoms with Gasteiger partial charge in [-0.05, 0) is 18.1 Å². The Morgan fingerprint density at radius 2 is 1.94 bits per heavy atom. The van der Waals surface area contributed by atoms with Gasteiger partial charge in [-0.1, -0.05) is 30.3 Å². The largest absolute Gasteiger partial charge is 0.338 e. The Morgan fingerprint density at radius 3 is 2.47 bits per heavy atom. The van der Waals surface area contributed by atoms with Crippen LogP contribution in [0.25, 0.3) is 0 Å². The molecule has 0 unspecified atom stereocenters. The number of amides is 1. The molecule has 3 nitrogen and oxygen atoms in total. The van der Waals surface area contributed by atoms with E-state index in [0.29, 0.717) is 6.54 Å². The van der Waals surface area contributed by atoms with E-state index in [1.807, 2.05) is 44.3 Å². The van der Waals surface area contributed by atoms with E-state index in [9.17, 15) is 4.79 Å². The lowest BCUT2D eigenvalue weighted by molar-refractivity contribution is -0.126. The minimum atomic E-state index is 0.130. The molecule has 1 fully saturated rings. The number of hydrogen-bond acceptors (Lipinski definition) is 2. The lowest BCUT2D eigenvalue weighted by atomic mass is 10.0. The summed E-state index contributed by atoms with van der Waals surface area (Å²) in [5, 5.41) is 3.16. The molecule has 1 saturated heterocycles. The monoisotopic (exact) mass is 230 g/mol. The highest BCUT2D eigenvalue weighted by Crippen LogP contribution is 2.12. The predicted octanol–water partition coefficient (Wildman–Crippen LogP) is 1.56. The zero-order chi connectivity index (χ0) is 12.3. The Morgan fingerprint density at radius 1 is 1.29 bits per heavy atom. The number of carbonyl (C=O) groups excluding carboxylic acids is 1. The Kier molecular flexibility index (Phi) is 3.59. The molecule has 2 rings (SSSR count). The van der Waals surface area contributed by atoms with Crippen molar-refractivity contribution in [3.05, 3.63) is 47.0 Å². The molecule has 1 heterocycles. The Bertz CT molecular complexity index is 431. The van der Waals surface area contributed by atoms with Crippen molar-refractivity contribution >= 4 is 5.91 Å². The standard InChI is InChI=1S/C14H18N2O/c1-11(13-8-15-9-13)14(17)16(2)10-12-6-4-3-5-7-12/h3-7,15H,8-10H2,1-2H3. The quantitative estimate of drug-likeness (QED) is 0.799. The van der Waals surface area contributed by atoms with Crippen LogP contribution in [0, 0.1) is 0 Å². The van der Waals surface area contributed by atoms with Gasteiger partial charge < -0.3 is 10.2 Å². The van der Waals surface area contributed by atoms with Crippen LogP contribution >= 0.6 is 0 Å². The lowest BCUT2D eigenvalue weighted by Crippen LogP contribution is -2.38. The molecule has 0 atom stereocenters. The molecule has 0 bridgehead atoms. The van der Waals surface area contributed by atoms with Gasteiger partial charge in [0.05, 0.1) is 0 Å². The number of likely N-dealkylation sites (N-methyl/N-ethyl adjacent to an activating group) is 1. The first-order valence-corrected chi connectivity index (χ1v) is 5.87. The first kappa shape index (κ1) is 11.9. The van der Waals surface area contributed by atoms with Crippen molar-refractivity contribution in [2.45, 2.75) is 13.5 Å². The molecule has 0 aromatic heterocycles. The summed E-state index contributed by atoms with van der Waals surface area (Å²) in [5.41, 5.74) is 3.28. The fraction of sp³-hybridized carbons (Fsp3) is 0.357. The molecule has 1 aliphatic heterocycles. The van der Waals surface area contributed by atoms with Gasteiger partial charge in [-0.25, -0.2) is 0 Å². The SMILES string of the molecule is CC(C(=O)N(C)Cc1ccccc1)=C1CNC1. The first-order valence-electron chi connectivity index (χ1n) is 5.87. The summed E-state index contributed by atoms with van der Waals surface area (Å²) in [6.07, 6.45) is 0. The molecule has 3 heteroatoms. The lowest BCUT2D eigenvalue weighted by Gasteiger charge is -2.24. The molecule has 0 spiro atoms. The maximum atomic E-state index is 12.1. The molecule has 0 radical (unpaired) electrons. The van der Waals surface area contributed by atoms with Gasteiger partial charge in [0.2, 0.25) is 5.91 Å². The van der Waals surface area contributed by atoms with Crippen LogP contribution in [0.4, 0.5) is 0 Å². The van der Waals surface area contributed by atoms with Crippen molar-refractivity contribution in [1.29, 1.82) is 0 Å². The van der Waals surface area contributed by atoms with Crippen LogP contribution in [0.3, 0.4) is 0 Å². The molecule has 1 aliphatic rings. The minimum Gasteiger partial charge on any atom is -0.338 e. The van der Waals surface area contributed by atoms with Crippen molar-refractivity contribution in [1.82, 2.24) is 10.2 Å². The molecule has 0 saturated carbocycles. The Labute approximate surface area is 102 Å². The summed E-state index contributed by atoms with van der Waals surface area (Å²) in [7, 11) is 1.85. The van der Waals surface area contributed by atoms with Crippen LogP contribution in [0.5, 0.6) is 0 Å². The second kappa shape index (κ2) is 5.15. The third-order valence-electron chi connectivity index (χ3n) is 3.14. The van der Waals surface area contributed by atoms with Gasteiger partial charge in [0.25, 0.3) is 0 Å². The highest BCUT2D eigenvalue weighted by atomic mass is 16.2. The van der Waals surface area contributed by atoms with Crippen molar-refractivity contribution < 1.29 is 4.79 Å². The molecule has 1 aromatic rings. The third kappa shape index (κ3) is 2.74. The predicted molar refractivity (Wildman–Crippen MR) is 68.5 cm³/mol. The van der Waals surface area contributed by atoms with Crippen LogP contribution in [0.1, 0.15) is 12.5 Å². The van der Waals surface area contributed by atoms with Crippen molar-refractivity contribution in [3.63, 3.8) is 0 Å². The van der Waals surface area contributed by atoms with E-state index in [1.165, 1.54) is 5.57 Å². The number of benzene rings is 1. The highest BCUT2D eigenvalue weighted by Gasteiger charge is 2.18.